The van der Waals surface area contributed by atoms with Crippen molar-refractivity contribution in [2.24, 2.45) is 39.1 Å². The first-order valence-corrected chi connectivity index (χ1v) is 15.1. The number of nitrogens with two attached hydrogens (primary N) is 1. The number of amides is 1. The molecular formula is C30H30ClF3N6O3S. The van der Waals surface area contributed by atoms with Gasteiger partial charge >= 0.3 is 6.18 Å². The highest BCUT2D eigenvalue weighted by Crippen LogP contribution is 2.68. The van der Waals surface area contributed by atoms with Crippen LogP contribution in [0.3, 0.4) is 0 Å². The van der Waals surface area contributed by atoms with Crippen LogP contribution in [0.15, 0.2) is 34.6 Å². The smallest absolute Gasteiger partial charge is 0.370 e. The number of halogens is 4. The molecule has 1 spiro atoms. The van der Waals surface area contributed by atoms with Gasteiger partial charge in [-0.3, -0.25) is 19.4 Å². The highest BCUT2D eigenvalue weighted by atomic mass is 35.5. The van der Waals surface area contributed by atoms with Crippen LogP contribution in [0.4, 0.5) is 18.9 Å². The summed E-state index contributed by atoms with van der Waals surface area (Å²) in [5.41, 5.74) is 5.13. The van der Waals surface area contributed by atoms with Gasteiger partial charge in [0.05, 0.1) is 21.6 Å². The standard InChI is InChI=1S/C30H29F3N6O3S.ClH/c1-13-23(39-8-5-14(6-9-39)27(34)42)17(12-20(36-13)30(31,32)33)16-4-7-35-18-10-15(43-24(16)18)11-19-29(38-37-19)25(40)21-22(26(29)41)28(21,2)3;/h4,7,10,12,14,19,21-22H,5-6,8-9,11H2,1-3H3,(H2,34,42);1H. The molecule has 5 heterocycles. The summed E-state index contributed by atoms with van der Waals surface area (Å²) in [7, 11) is 0. The molecular weight excluding hydrogens is 617 g/mol. The lowest BCUT2D eigenvalue weighted by atomic mass is 9.76. The topological polar surface area (TPSA) is 131 Å². The molecule has 3 unspecified atom stereocenters. The zero-order chi connectivity index (χ0) is 30.6. The third-order valence-corrected chi connectivity index (χ3v) is 11.0. The SMILES string of the molecule is Cc1nc(C(F)(F)F)cc(-c2ccnc3cc(CC4N=NC45C(=O)C4C(C5=O)C4(C)C)sc23)c1N1CCC(C(N)=O)CC1.Cl. The Bertz CT molecular complexity index is 1740. The van der Waals surface area contributed by atoms with Gasteiger partial charge in [-0.15, -0.1) is 23.7 Å². The first-order valence-electron chi connectivity index (χ1n) is 14.3. The lowest BCUT2D eigenvalue weighted by Gasteiger charge is -2.36. The number of rotatable bonds is 5. The number of Topliss-reactive ketones (excluding diaryl/α,β-unsaturated/α-hetero) is 2. The molecule has 232 valence electrons. The van der Waals surface area contributed by atoms with E-state index in [1.165, 1.54) is 11.3 Å². The summed E-state index contributed by atoms with van der Waals surface area (Å²) >= 11 is 1.36. The van der Waals surface area contributed by atoms with Gasteiger partial charge in [0.1, 0.15) is 11.7 Å². The number of azo groups is 1. The molecule has 1 amide bonds. The molecule has 3 fully saturated rings. The van der Waals surface area contributed by atoms with Crippen LogP contribution in [-0.2, 0) is 27.0 Å². The maximum absolute atomic E-state index is 14.0. The Morgan fingerprint density at radius 2 is 1.77 bits per heavy atom. The van der Waals surface area contributed by atoms with E-state index in [2.05, 4.69) is 20.2 Å². The predicted molar refractivity (Wildman–Crippen MR) is 160 cm³/mol. The summed E-state index contributed by atoms with van der Waals surface area (Å²) in [6.45, 7) is 6.32. The maximum Gasteiger partial charge on any atom is 0.433 e. The van der Waals surface area contributed by atoms with Crippen molar-refractivity contribution in [1.82, 2.24) is 9.97 Å². The number of hydrogen-bond donors (Lipinski definition) is 1. The Labute approximate surface area is 260 Å². The van der Waals surface area contributed by atoms with Crippen LogP contribution < -0.4 is 10.6 Å². The molecule has 3 aromatic heterocycles. The summed E-state index contributed by atoms with van der Waals surface area (Å²) < 4.78 is 42.6. The summed E-state index contributed by atoms with van der Waals surface area (Å²) in [5, 5.41) is 8.29. The van der Waals surface area contributed by atoms with E-state index in [-0.39, 0.29) is 58.7 Å². The van der Waals surface area contributed by atoms with E-state index >= 15 is 0 Å². The van der Waals surface area contributed by atoms with E-state index in [0.717, 1.165) is 10.9 Å². The minimum absolute atomic E-state index is 0. The number of carbonyl (C=O) groups excluding carboxylic acids is 3. The van der Waals surface area contributed by atoms with Crippen LogP contribution in [0, 0.1) is 30.1 Å². The molecule has 4 aliphatic rings. The number of alkyl halides is 3. The molecule has 14 heteroatoms. The number of aryl methyl sites for hydroxylation is 1. The van der Waals surface area contributed by atoms with E-state index < -0.39 is 23.5 Å². The second-order valence-electron chi connectivity index (χ2n) is 12.6. The van der Waals surface area contributed by atoms with Gasteiger partial charge in [-0.2, -0.15) is 23.4 Å². The second-order valence-corrected chi connectivity index (χ2v) is 13.8. The van der Waals surface area contributed by atoms with E-state index in [1.807, 2.05) is 24.8 Å². The Balaban J connectivity index is 0.00000343. The normalized spacial score (nSPS) is 27.4. The molecule has 9 nitrogen and oxygen atoms in total. The number of carbonyl (C=O) groups is 3. The number of hydrogen-bond acceptors (Lipinski definition) is 9. The third kappa shape index (κ3) is 4.29. The van der Waals surface area contributed by atoms with Crippen molar-refractivity contribution in [3.05, 3.63) is 40.7 Å². The summed E-state index contributed by atoms with van der Waals surface area (Å²) in [4.78, 5) is 49.5. The lowest BCUT2D eigenvalue weighted by molar-refractivity contribution is -0.141. The fraction of sp³-hybridized carbons (Fsp3) is 0.500. The van der Waals surface area contributed by atoms with Gasteiger partial charge in [-0.05, 0) is 43.4 Å². The minimum Gasteiger partial charge on any atom is -0.370 e. The molecule has 3 aromatic rings. The predicted octanol–water partition coefficient (Wildman–Crippen LogP) is 5.35. The van der Waals surface area contributed by atoms with Gasteiger partial charge in [0.25, 0.3) is 0 Å². The van der Waals surface area contributed by atoms with Crippen molar-refractivity contribution in [3.63, 3.8) is 0 Å². The molecule has 2 N–H and O–H groups in total. The monoisotopic (exact) mass is 646 g/mol. The third-order valence-electron chi connectivity index (χ3n) is 9.80. The summed E-state index contributed by atoms with van der Waals surface area (Å²) in [5.74, 6) is -1.59. The summed E-state index contributed by atoms with van der Waals surface area (Å²) in [6.07, 6.45) is -1.79. The molecule has 2 saturated carbocycles. The number of primary amides is 1. The van der Waals surface area contributed by atoms with Crippen LogP contribution in [0.25, 0.3) is 21.3 Å². The Hall–Kier alpha value is -3.45. The van der Waals surface area contributed by atoms with Gasteiger partial charge in [0.2, 0.25) is 11.4 Å². The Kier molecular flexibility index (Phi) is 6.97. The van der Waals surface area contributed by atoms with Gasteiger partial charge < -0.3 is 10.6 Å². The fourth-order valence-corrected chi connectivity index (χ4v) is 8.55. The zero-order valence-electron chi connectivity index (χ0n) is 24.1. The van der Waals surface area contributed by atoms with Crippen molar-refractivity contribution in [1.29, 1.82) is 0 Å². The molecule has 3 atom stereocenters. The van der Waals surface area contributed by atoms with E-state index in [0.29, 0.717) is 59.4 Å². The average molecular weight is 647 g/mol. The van der Waals surface area contributed by atoms with Gasteiger partial charge in [0.15, 0.2) is 11.6 Å². The van der Waals surface area contributed by atoms with E-state index in [9.17, 15) is 27.6 Å². The van der Waals surface area contributed by atoms with Gasteiger partial charge in [0, 0.05) is 59.5 Å². The van der Waals surface area contributed by atoms with Crippen molar-refractivity contribution >= 4 is 57.1 Å². The van der Waals surface area contributed by atoms with Crippen LogP contribution in [0.1, 0.15) is 43.0 Å². The summed E-state index contributed by atoms with van der Waals surface area (Å²) in [6, 6.07) is 4.02. The highest BCUT2D eigenvalue weighted by Gasteiger charge is 2.81. The number of nitrogens with zero attached hydrogens (tertiary/aromatic N) is 5. The van der Waals surface area contributed by atoms with Crippen molar-refractivity contribution in [2.45, 2.75) is 57.8 Å². The number of ketones is 2. The lowest BCUT2D eigenvalue weighted by Crippen LogP contribution is -2.58. The molecule has 2 aliphatic carbocycles. The van der Waals surface area contributed by atoms with Crippen molar-refractivity contribution in [3.8, 4) is 11.1 Å². The first-order chi connectivity index (χ1) is 20.2. The van der Waals surface area contributed by atoms with E-state index in [1.54, 1.807) is 19.2 Å². The number of anilines is 1. The van der Waals surface area contributed by atoms with Crippen molar-refractivity contribution < 1.29 is 27.6 Å². The Morgan fingerprint density at radius 1 is 1.11 bits per heavy atom. The van der Waals surface area contributed by atoms with Crippen LogP contribution in [0.2, 0.25) is 0 Å². The number of thiophene rings is 1. The molecule has 7 rings (SSSR count). The maximum atomic E-state index is 14.0. The van der Waals surface area contributed by atoms with Crippen LogP contribution >= 0.6 is 23.7 Å². The largest absolute Gasteiger partial charge is 0.433 e. The average Bonchev–Trinajstić information content (AvgIpc) is 3.17. The number of piperidine rings is 1. The van der Waals surface area contributed by atoms with Gasteiger partial charge in [-0.1, -0.05) is 13.8 Å². The molecule has 0 radical (unpaired) electrons. The Morgan fingerprint density at radius 3 is 2.34 bits per heavy atom. The molecule has 0 aromatic carbocycles. The number of aromatic nitrogens is 2. The second kappa shape index (κ2) is 10.0. The number of pyridine rings is 2. The molecule has 44 heavy (non-hydrogen) atoms. The van der Waals surface area contributed by atoms with Gasteiger partial charge in [-0.25, -0.2) is 4.98 Å². The minimum atomic E-state index is -4.65. The van der Waals surface area contributed by atoms with Crippen molar-refractivity contribution in [2.75, 3.05) is 18.0 Å². The highest BCUT2D eigenvalue weighted by molar-refractivity contribution is 7.19. The molecule has 2 aliphatic heterocycles. The molecule has 1 saturated heterocycles. The van der Waals surface area contributed by atoms with Crippen LogP contribution in [-0.4, -0.2) is 52.1 Å². The quantitative estimate of drug-likeness (QED) is 0.372. The first kappa shape index (κ1) is 30.6. The molecule has 0 bridgehead atoms. The zero-order valence-corrected chi connectivity index (χ0v) is 25.8. The van der Waals surface area contributed by atoms with E-state index in [4.69, 9.17) is 5.73 Å². The fourth-order valence-electron chi connectivity index (χ4n) is 7.38. The number of fused-ring (bicyclic) bond motifs is 2. The van der Waals surface area contributed by atoms with Crippen LogP contribution in [0.5, 0.6) is 0 Å².